The Morgan fingerprint density at radius 1 is 1.20 bits per heavy atom. The predicted molar refractivity (Wildman–Crippen MR) is 93.5 cm³/mol. The van der Waals surface area contributed by atoms with E-state index in [1.54, 1.807) is 12.4 Å². The molecule has 5 nitrogen and oxygen atoms in total. The van der Waals surface area contributed by atoms with Gasteiger partial charge in [0.15, 0.2) is 6.29 Å². The number of benzene rings is 2. The van der Waals surface area contributed by atoms with Crippen LogP contribution in [-0.2, 0) is 22.7 Å². The second kappa shape index (κ2) is 6.45. The van der Waals surface area contributed by atoms with Gasteiger partial charge in [0.2, 0.25) is 5.78 Å². The number of carbonyl (C=O) groups is 2. The number of imidazole rings is 1. The van der Waals surface area contributed by atoms with Crippen molar-refractivity contribution < 1.29 is 9.59 Å². The lowest BCUT2D eigenvalue weighted by Crippen LogP contribution is -2.28. The van der Waals surface area contributed by atoms with Gasteiger partial charge in [-0.3, -0.25) is 14.5 Å². The van der Waals surface area contributed by atoms with Crippen molar-refractivity contribution in [1.29, 1.82) is 0 Å². The second-order valence-electron chi connectivity index (χ2n) is 6.16. The molecule has 1 aliphatic rings. The van der Waals surface area contributed by atoms with Crippen molar-refractivity contribution >= 4 is 12.1 Å². The fourth-order valence-corrected chi connectivity index (χ4v) is 3.42. The molecule has 1 aromatic heterocycles. The molecule has 0 radical (unpaired) electrons. The third kappa shape index (κ3) is 2.90. The van der Waals surface area contributed by atoms with E-state index in [9.17, 15) is 9.59 Å². The molecule has 1 unspecified atom stereocenters. The van der Waals surface area contributed by atoms with E-state index in [-0.39, 0.29) is 0 Å². The Morgan fingerprint density at radius 3 is 2.72 bits per heavy atom. The average molecular weight is 331 g/mol. The Kier molecular flexibility index (Phi) is 3.99. The lowest BCUT2D eigenvalue weighted by molar-refractivity contribution is -0.133. The highest BCUT2D eigenvalue weighted by molar-refractivity contribution is 6.27. The standard InChI is InChI=1S/C20H17N3O2/c24-13-18(25)19-17-4-2-1-3-16(17)12-23(19)11-14-5-7-15(8-6-14)20-21-9-10-22-20/h1-10,13,19H,11-12H2,(H,21,22). The molecule has 0 saturated heterocycles. The fraction of sp³-hybridized carbons (Fsp3) is 0.150. The first-order valence-corrected chi connectivity index (χ1v) is 8.16. The zero-order chi connectivity index (χ0) is 17.2. The molecule has 4 rings (SSSR count). The Bertz CT molecular complexity index is 901. The summed E-state index contributed by atoms with van der Waals surface area (Å²) >= 11 is 0. The SMILES string of the molecule is O=CC(=O)C1c2ccccc2CN1Cc1ccc(-c2ncc[nH]2)cc1. The number of H-pyrrole nitrogens is 1. The van der Waals surface area contributed by atoms with Crippen LogP contribution < -0.4 is 0 Å². The van der Waals surface area contributed by atoms with Crippen LogP contribution >= 0.6 is 0 Å². The van der Waals surface area contributed by atoms with Gasteiger partial charge in [-0.2, -0.15) is 0 Å². The van der Waals surface area contributed by atoms with E-state index in [1.165, 1.54) is 0 Å². The highest BCUT2D eigenvalue weighted by Gasteiger charge is 2.34. The fourth-order valence-electron chi connectivity index (χ4n) is 3.42. The maximum Gasteiger partial charge on any atom is 0.216 e. The number of rotatable bonds is 5. The molecule has 2 heterocycles. The highest BCUT2D eigenvalue weighted by atomic mass is 16.2. The molecule has 1 N–H and O–H groups in total. The summed E-state index contributed by atoms with van der Waals surface area (Å²) in [4.78, 5) is 32.6. The van der Waals surface area contributed by atoms with E-state index in [0.29, 0.717) is 19.4 Å². The van der Waals surface area contributed by atoms with E-state index in [1.807, 2.05) is 53.4 Å². The van der Waals surface area contributed by atoms with Crippen molar-refractivity contribution in [3.8, 4) is 11.4 Å². The van der Waals surface area contributed by atoms with Crippen LogP contribution in [0.2, 0.25) is 0 Å². The number of fused-ring (bicyclic) bond motifs is 1. The predicted octanol–water partition coefficient (Wildman–Crippen LogP) is 2.90. The van der Waals surface area contributed by atoms with E-state index in [2.05, 4.69) is 9.97 Å². The normalized spacial score (nSPS) is 16.6. The molecule has 25 heavy (non-hydrogen) atoms. The van der Waals surface area contributed by atoms with Gasteiger partial charge < -0.3 is 4.98 Å². The molecule has 0 bridgehead atoms. The van der Waals surface area contributed by atoms with Crippen LogP contribution in [0.1, 0.15) is 22.7 Å². The first-order valence-electron chi connectivity index (χ1n) is 8.16. The highest BCUT2D eigenvalue weighted by Crippen LogP contribution is 2.35. The zero-order valence-corrected chi connectivity index (χ0v) is 13.6. The van der Waals surface area contributed by atoms with Gasteiger partial charge in [-0.15, -0.1) is 0 Å². The van der Waals surface area contributed by atoms with Crippen LogP contribution in [-0.4, -0.2) is 26.9 Å². The number of hydrogen-bond acceptors (Lipinski definition) is 4. The Balaban J connectivity index is 1.57. The summed E-state index contributed by atoms with van der Waals surface area (Å²) in [6.07, 6.45) is 3.94. The first kappa shape index (κ1) is 15.5. The van der Waals surface area contributed by atoms with Crippen molar-refractivity contribution in [2.45, 2.75) is 19.1 Å². The van der Waals surface area contributed by atoms with Gasteiger partial charge in [-0.25, -0.2) is 4.98 Å². The number of aromatic amines is 1. The Labute approximate surface area is 145 Å². The summed E-state index contributed by atoms with van der Waals surface area (Å²) in [6, 6.07) is 15.4. The number of ketones is 1. The Hall–Kier alpha value is -3.05. The minimum atomic E-state index is -0.488. The average Bonchev–Trinajstić information content (AvgIpc) is 3.29. The number of nitrogens with one attached hydrogen (secondary N) is 1. The summed E-state index contributed by atoms with van der Waals surface area (Å²) in [5, 5.41) is 0. The summed E-state index contributed by atoms with van der Waals surface area (Å²) < 4.78 is 0. The molecule has 3 aromatic rings. The summed E-state index contributed by atoms with van der Waals surface area (Å²) in [6.45, 7) is 1.28. The summed E-state index contributed by atoms with van der Waals surface area (Å²) in [5.41, 5.74) is 4.15. The number of hydrogen-bond donors (Lipinski definition) is 1. The largest absolute Gasteiger partial charge is 0.345 e. The van der Waals surface area contributed by atoms with Crippen LogP contribution in [0.15, 0.2) is 60.9 Å². The molecule has 1 atom stereocenters. The summed E-state index contributed by atoms with van der Waals surface area (Å²) in [7, 11) is 0. The summed E-state index contributed by atoms with van der Waals surface area (Å²) in [5.74, 6) is 0.436. The van der Waals surface area contributed by atoms with Crippen molar-refractivity contribution in [2.24, 2.45) is 0 Å². The second-order valence-corrected chi connectivity index (χ2v) is 6.16. The monoisotopic (exact) mass is 331 g/mol. The molecule has 0 amide bonds. The van der Waals surface area contributed by atoms with E-state index in [4.69, 9.17) is 0 Å². The third-order valence-electron chi connectivity index (χ3n) is 4.59. The van der Waals surface area contributed by atoms with Gasteiger partial charge in [-0.05, 0) is 16.7 Å². The van der Waals surface area contributed by atoms with Gasteiger partial charge in [-0.1, -0.05) is 48.5 Å². The molecular formula is C20H17N3O2. The van der Waals surface area contributed by atoms with Gasteiger partial charge in [0.1, 0.15) is 11.9 Å². The van der Waals surface area contributed by atoms with Crippen molar-refractivity contribution in [3.63, 3.8) is 0 Å². The maximum atomic E-state index is 12.2. The van der Waals surface area contributed by atoms with Gasteiger partial charge in [0.25, 0.3) is 0 Å². The van der Waals surface area contributed by atoms with E-state index >= 15 is 0 Å². The molecule has 5 heteroatoms. The Morgan fingerprint density at radius 2 is 2.00 bits per heavy atom. The molecule has 1 aliphatic heterocycles. The van der Waals surface area contributed by atoms with Gasteiger partial charge in [0.05, 0.1) is 0 Å². The van der Waals surface area contributed by atoms with Crippen molar-refractivity contribution in [3.05, 3.63) is 77.6 Å². The quantitative estimate of drug-likeness (QED) is 0.577. The molecule has 0 spiro atoms. The van der Waals surface area contributed by atoms with Gasteiger partial charge in [0, 0.05) is 31.0 Å². The van der Waals surface area contributed by atoms with E-state index < -0.39 is 11.8 Å². The minimum absolute atomic E-state index is 0.392. The number of aldehydes is 1. The maximum absolute atomic E-state index is 12.2. The van der Waals surface area contributed by atoms with Crippen molar-refractivity contribution in [2.75, 3.05) is 0 Å². The number of aromatic nitrogens is 2. The zero-order valence-electron chi connectivity index (χ0n) is 13.6. The van der Waals surface area contributed by atoms with Crippen LogP contribution in [0.3, 0.4) is 0 Å². The lowest BCUT2D eigenvalue weighted by Gasteiger charge is -2.22. The topological polar surface area (TPSA) is 66.1 Å². The first-order chi connectivity index (χ1) is 12.3. The molecule has 2 aromatic carbocycles. The molecule has 0 fully saturated rings. The van der Waals surface area contributed by atoms with Gasteiger partial charge >= 0.3 is 0 Å². The van der Waals surface area contributed by atoms with Crippen LogP contribution in [0.25, 0.3) is 11.4 Å². The number of Topliss-reactive ketones (excluding diaryl/α,β-unsaturated/α-hetero) is 1. The smallest absolute Gasteiger partial charge is 0.216 e. The lowest BCUT2D eigenvalue weighted by atomic mass is 10.0. The minimum Gasteiger partial charge on any atom is -0.345 e. The van der Waals surface area contributed by atoms with Crippen LogP contribution in [0.5, 0.6) is 0 Å². The number of carbonyl (C=O) groups excluding carboxylic acids is 2. The third-order valence-corrected chi connectivity index (χ3v) is 4.59. The van der Waals surface area contributed by atoms with Crippen molar-refractivity contribution in [1.82, 2.24) is 14.9 Å². The number of nitrogens with zero attached hydrogens (tertiary/aromatic N) is 2. The van der Waals surface area contributed by atoms with E-state index in [0.717, 1.165) is 28.1 Å². The van der Waals surface area contributed by atoms with Crippen LogP contribution in [0, 0.1) is 0 Å². The molecule has 124 valence electrons. The molecule has 0 saturated carbocycles. The van der Waals surface area contributed by atoms with Crippen LogP contribution in [0.4, 0.5) is 0 Å². The molecular weight excluding hydrogens is 314 g/mol. The molecule has 0 aliphatic carbocycles.